The summed E-state index contributed by atoms with van der Waals surface area (Å²) >= 11 is 6.57. The number of hydrogen-bond donors (Lipinski definition) is 2. The molecule has 2 N–H and O–H groups in total. The van der Waals surface area contributed by atoms with Crippen LogP contribution in [0.3, 0.4) is 0 Å². The molecule has 1 aliphatic heterocycles. The van der Waals surface area contributed by atoms with Crippen molar-refractivity contribution in [1.29, 1.82) is 0 Å². The van der Waals surface area contributed by atoms with E-state index in [0.29, 0.717) is 41.6 Å². The number of amides is 2. The first-order valence-electron chi connectivity index (χ1n) is 13.8. The molecular weight excluding hydrogens is 550 g/mol. The summed E-state index contributed by atoms with van der Waals surface area (Å²) in [6.45, 7) is 10.3. The van der Waals surface area contributed by atoms with E-state index in [-0.39, 0.29) is 18.7 Å². The van der Waals surface area contributed by atoms with Crippen LogP contribution in [0.5, 0.6) is 0 Å². The molecule has 2 heterocycles. The first-order chi connectivity index (χ1) is 19.3. The lowest BCUT2D eigenvalue weighted by Crippen LogP contribution is -2.52. The predicted octanol–water partition coefficient (Wildman–Crippen LogP) is 4.35. The van der Waals surface area contributed by atoms with Crippen LogP contribution in [0.1, 0.15) is 69.1 Å². The lowest BCUT2D eigenvalue weighted by Gasteiger charge is -2.34. The number of anilines is 1. The van der Waals surface area contributed by atoms with Crippen LogP contribution in [0.2, 0.25) is 5.02 Å². The van der Waals surface area contributed by atoms with Gasteiger partial charge in [0.1, 0.15) is 18.0 Å². The average molecular weight is 594 g/mol. The van der Waals surface area contributed by atoms with Gasteiger partial charge in [0, 0.05) is 57.5 Å². The van der Waals surface area contributed by atoms with E-state index in [2.05, 4.69) is 15.5 Å². The first-order valence-corrected chi connectivity index (χ1v) is 14.2. The van der Waals surface area contributed by atoms with Gasteiger partial charge in [0.2, 0.25) is 0 Å². The fourth-order valence-corrected chi connectivity index (χ4v) is 5.00. The number of carbonyl (C=O) groups excluding carboxylic acids is 2. The van der Waals surface area contributed by atoms with E-state index in [9.17, 15) is 9.59 Å². The number of methoxy groups -OCH3 is 3. The van der Waals surface area contributed by atoms with E-state index < -0.39 is 23.5 Å². The molecule has 1 aromatic carbocycles. The van der Waals surface area contributed by atoms with Crippen molar-refractivity contribution in [3.8, 4) is 0 Å². The van der Waals surface area contributed by atoms with Crippen molar-refractivity contribution in [3.63, 3.8) is 0 Å². The van der Waals surface area contributed by atoms with E-state index >= 15 is 0 Å². The largest absolute Gasteiger partial charge is 0.444 e. The zero-order valence-electron chi connectivity index (χ0n) is 25.4. The number of piperidine rings is 1. The fraction of sp³-hybridized carbons (Fsp3) is 0.621. The summed E-state index contributed by atoms with van der Waals surface area (Å²) in [5.74, 6) is -0.756. The molecule has 11 nitrogen and oxygen atoms in total. The Kier molecular flexibility index (Phi) is 11.0. The number of halogens is 1. The third-order valence-corrected chi connectivity index (χ3v) is 7.58. The van der Waals surface area contributed by atoms with Crippen LogP contribution in [0.4, 0.5) is 10.6 Å². The Balaban J connectivity index is 2.02. The zero-order chi connectivity index (χ0) is 30.4. The Morgan fingerprint density at radius 3 is 2.44 bits per heavy atom. The summed E-state index contributed by atoms with van der Waals surface area (Å²) in [5, 5.41) is 11.5. The molecular formula is C29H44ClN5O6. The third kappa shape index (κ3) is 8.34. The minimum atomic E-state index is -1.04. The van der Waals surface area contributed by atoms with E-state index in [1.165, 1.54) is 14.2 Å². The van der Waals surface area contributed by atoms with Crippen molar-refractivity contribution >= 4 is 29.4 Å². The number of benzene rings is 1. The zero-order valence-corrected chi connectivity index (χ0v) is 26.1. The van der Waals surface area contributed by atoms with Gasteiger partial charge in [-0.3, -0.25) is 4.79 Å². The molecule has 2 atom stereocenters. The van der Waals surface area contributed by atoms with Crippen LogP contribution in [0.15, 0.2) is 24.3 Å². The number of rotatable bonds is 11. The highest BCUT2D eigenvalue weighted by Crippen LogP contribution is 2.31. The molecule has 0 radical (unpaired) electrons. The monoisotopic (exact) mass is 593 g/mol. The highest BCUT2D eigenvalue weighted by molar-refractivity contribution is 6.31. The van der Waals surface area contributed by atoms with Crippen molar-refractivity contribution in [2.24, 2.45) is 0 Å². The molecule has 0 spiro atoms. The number of aromatic nitrogens is 2. The maximum absolute atomic E-state index is 13.9. The number of nitrogens with zero attached hydrogens (tertiary/aromatic N) is 3. The van der Waals surface area contributed by atoms with Crippen molar-refractivity contribution in [2.75, 3.05) is 39.3 Å². The van der Waals surface area contributed by atoms with Crippen LogP contribution in [0.25, 0.3) is 0 Å². The molecule has 1 aliphatic rings. The quantitative estimate of drug-likeness (QED) is 0.369. The normalized spacial score (nSPS) is 16.8. The Morgan fingerprint density at radius 1 is 1.15 bits per heavy atom. The van der Waals surface area contributed by atoms with Crippen molar-refractivity contribution in [2.45, 2.75) is 84.1 Å². The summed E-state index contributed by atoms with van der Waals surface area (Å²) in [7, 11) is 4.61. The molecule has 12 heteroatoms. The second kappa shape index (κ2) is 13.9. The van der Waals surface area contributed by atoms with E-state index in [1.807, 2.05) is 52.0 Å². The summed E-state index contributed by atoms with van der Waals surface area (Å²) in [6.07, 6.45) is 1.52. The minimum absolute atomic E-state index is 0.0614. The topological polar surface area (TPSA) is 116 Å². The lowest BCUT2D eigenvalue weighted by molar-refractivity contribution is -0.207. The Bertz CT molecular complexity index is 1190. The van der Waals surface area contributed by atoms with Gasteiger partial charge in [-0.1, -0.05) is 29.8 Å². The number of ether oxygens (including phenoxy) is 4. The standard InChI is InChI=1S/C29H44ClN5O6/c1-19(29(5,39-7)40-8)31-26(36)24-22(16-20-12-9-10-14-23(20)30)25(33-35(24)18-38-6)34-15-11-13-21(17-34)32-27(37)41-28(2,3)4/h9-10,12,14,19,21H,11,13,15-18H2,1-8H3,(H,31,36)(H,32,37)/t19?,21-/m1/s1. The molecule has 0 aliphatic carbocycles. The third-order valence-electron chi connectivity index (χ3n) is 7.21. The molecule has 2 aromatic rings. The number of carbonyl (C=O) groups is 2. The van der Waals surface area contributed by atoms with Crippen LogP contribution in [-0.2, 0) is 32.1 Å². The van der Waals surface area contributed by atoms with E-state index in [0.717, 1.165) is 18.4 Å². The number of hydrogen-bond acceptors (Lipinski definition) is 8. The summed E-state index contributed by atoms with van der Waals surface area (Å²) in [5.41, 5.74) is 1.31. The second-order valence-electron chi connectivity index (χ2n) is 11.4. The maximum atomic E-state index is 13.9. The Labute approximate surface area is 247 Å². The lowest BCUT2D eigenvalue weighted by atomic mass is 10.0. The number of nitrogens with one attached hydrogen (secondary N) is 2. The molecule has 1 fully saturated rings. The van der Waals surface area contributed by atoms with Gasteiger partial charge in [-0.05, 0) is 59.1 Å². The molecule has 228 valence electrons. The summed E-state index contributed by atoms with van der Waals surface area (Å²) in [4.78, 5) is 28.5. The maximum Gasteiger partial charge on any atom is 0.407 e. The molecule has 2 amide bonds. The minimum Gasteiger partial charge on any atom is -0.444 e. The smallest absolute Gasteiger partial charge is 0.407 e. The van der Waals surface area contributed by atoms with Gasteiger partial charge < -0.3 is 34.5 Å². The predicted molar refractivity (Wildman–Crippen MR) is 157 cm³/mol. The molecule has 0 saturated carbocycles. The first kappa shape index (κ1) is 32.7. The molecule has 0 bridgehead atoms. The highest BCUT2D eigenvalue weighted by Gasteiger charge is 2.35. The molecule has 1 saturated heterocycles. The van der Waals surface area contributed by atoms with Gasteiger partial charge in [0.15, 0.2) is 11.6 Å². The van der Waals surface area contributed by atoms with Gasteiger partial charge in [-0.15, -0.1) is 0 Å². The molecule has 3 rings (SSSR count). The van der Waals surface area contributed by atoms with Gasteiger partial charge in [-0.2, -0.15) is 5.10 Å². The van der Waals surface area contributed by atoms with Crippen LogP contribution >= 0.6 is 11.6 Å². The molecule has 1 aromatic heterocycles. The summed E-state index contributed by atoms with van der Waals surface area (Å²) in [6, 6.07) is 6.88. The SMILES string of the molecule is COCn1nc(N2CCC[C@@H](NC(=O)OC(C)(C)C)C2)c(Cc2ccccc2Cl)c1C(=O)NC(C)C(C)(OC)OC. The van der Waals surface area contributed by atoms with Crippen LogP contribution < -0.4 is 15.5 Å². The van der Waals surface area contributed by atoms with E-state index in [4.69, 9.17) is 35.6 Å². The molecule has 41 heavy (non-hydrogen) atoms. The van der Waals surface area contributed by atoms with E-state index in [1.54, 1.807) is 18.7 Å². The van der Waals surface area contributed by atoms with Gasteiger partial charge in [0.05, 0.1) is 6.04 Å². The number of alkyl carbamates (subject to hydrolysis) is 1. The van der Waals surface area contributed by atoms with Crippen molar-refractivity contribution in [1.82, 2.24) is 20.4 Å². The molecule has 1 unspecified atom stereocenters. The Hall–Kier alpha value is -2.86. The highest BCUT2D eigenvalue weighted by atomic mass is 35.5. The van der Waals surface area contributed by atoms with Crippen molar-refractivity contribution in [3.05, 3.63) is 46.1 Å². The van der Waals surface area contributed by atoms with Crippen LogP contribution in [-0.4, -0.2) is 79.7 Å². The van der Waals surface area contributed by atoms with Gasteiger partial charge >= 0.3 is 6.09 Å². The van der Waals surface area contributed by atoms with Crippen LogP contribution in [0, 0.1) is 0 Å². The van der Waals surface area contributed by atoms with Gasteiger partial charge in [-0.25, -0.2) is 9.48 Å². The second-order valence-corrected chi connectivity index (χ2v) is 11.8. The van der Waals surface area contributed by atoms with Gasteiger partial charge in [0.25, 0.3) is 5.91 Å². The summed E-state index contributed by atoms with van der Waals surface area (Å²) < 4.78 is 23.5. The average Bonchev–Trinajstić information content (AvgIpc) is 3.26. The fourth-order valence-electron chi connectivity index (χ4n) is 4.80. The Morgan fingerprint density at radius 2 is 1.83 bits per heavy atom. The van der Waals surface area contributed by atoms with Crippen molar-refractivity contribution < 1.29 is 28.5 Å².